The lowest BCUT2D eigenvalue weighted by Gasteiger charge is -2.37. The van der Waals surface area contributed by atoms with Crippen molar-refractivity contribution in [3.05, 3.63) is 18.0 Å². The summed E-state index contributed by atoms with van der Waals surface area (Å²) >= 11 is 0. The molecule has 0 radical (unpaired) electrons. The summed E-state index contributed by atoms with van der Waals surface area (Å²) in [6.45, 7) is 3.89. The van der Waals surface area contributed by atoms with E-state index in [0.29, 0.717) is 18.0 Å². The first-order valence-electron chi connectivity index (χ1n) is 7.12. The van der Waals surface area contributed by atoms with Crippen molar-refractivity contribution >= 4 is 10.0 Å². The van der Waals surface area contributed by atoms with E-state index in [4.69, 9.17) is 0 Å². The normalized spacial score (nSPS) is 21.8. The van der Waals surface area contributed by atoms with Crippen molar-refractivity contribution in [2.24, 2.45) is 0 Å². The maximum Gasteiger partial charge on any atom is 0.242 e. The number of piperazine rings is 1. The number of hydrogen-bond donors (Lipinski definition) is 3. The quantitative estimate of drug-likeness (QED) is 0.644. The fourth-order valence-electron chi connectivity index (χ4n) is 2.48. The summed E-state index contributed by atoms with van der Waals surface area (Å²) in [6, 6.07) is 1.87. The van der Waals surface area contributed by atoms with Crippen LogP contribution in [0, 0.1) is 0 Å². The van der Waals surface area contributed by atoms with Gasteiger partial charge in [0.2, 0.25) is 10.0 Å². The van der Waals surface area contributed by atoms with Gasteiger partial charge in [-0.2, -0.15) is 0 Å². The minimum Gasteiger partial charge on any atom is -0.363 e. The molecule has 1 saturated heterocycles. The zero-order valence-electron chi connectivity index (χ0n) is 12.9. The van der Waals surface area contributed by atoms with Crippen LogP contribution < -0.4 is 10.0 Å². The highest BCUT2D eigenvalue weighted by atomic mass is 32.2. The molecular weight excluding hydrogens is 290 g/mol. The minimum atomic E-state index is -3.45. The topological polar surface area (TPSA) is 80.5 Å². The highest BCUT2D eigenvalue weighted by Gasteiger charge is 2.24. The summed E-state index contributed by atoms with van der Waals surface area (Å²) in [7, 11) is 2.47. The SMILES string of the molecule is CNCc1cc(S(=O)(=O)NCC2CN(C)CCN2C)c[nH]1. The standard InChI is InChI=1S/C13H25N5O2S/c1-14-7-11-6-13(9-15-11)21(19,20)16-8-12-10-17(2)4-5-18(12)3/h6,9,12,14-16H,4-5,7-8,10H2,1-3H3. The van der Waals surface area contributed by atoms with Gasteiger partial charge in [-0.05, 0) is 27.2 Å². The Balaban J connectivity index is 1.96. The molecule has 0 amide bonds. The van der Waals surface area contributed by atoms with E-state index in [0.717, 1.165) is 25.3 Å². The number of aromatic amines is 1. The second-order valence-electron chi connectivity index (χ2n) is 5.64. The summed E-state index contributed by atoms with van der Waals surface area (Å²) in [5.41, 5.74) is 0.854. The van der Waals surface area contributed by atoms with Gasteiger partial charge in [-0.3, -0.25) is 4.90 Å². The predicted octanol–water partition coefficient (Wildman–Crippen LogP) is -0.742. The van der Waals surface area contributed by atoms with Crippen molar-refractivity contribution in [2.45, 2.75) is 17.5 Å². The second-order valence-corrected chi connectivity index (χ2v) is 7.41. The molecule has 2 rings (SSSR count). The Kier molecular flexibility index (Phi) is 5.39. The highest BCUT2D eigenvalue weighted by Crippen LogP contribution is 2.11. The molecule has 0 bridgehead atoms. The number of rotatable bonds is 6. The first-order valence-corrected chi connectivity index (χ1v) is 8.61. The van der Waals surface area contributed by atoms with Crippen LogP contribution in [-0.2, 0) is 16.6 Å². The van der Waals surface area contributed by atoms with Gasteiger partial charge >= 0.3 is 0 Å². The van der Waals surface area contributed by atoms with Crippen molar-refractivity contribution in [1.29, 1.82) is 0 Å². The zero-order valence-corrected chi connectivity index (χ0v) is 13.7. The average molecular weight is 315 g/mol. The third-order valence-electron chi connectivity index (χ3n) is 3.88. The lowest BCUT2D eigenvalue weighted by atomic mass is 10.2. The van der Waals surface area contributed by atoms with E-state index in [-0.39, 0.29) is 6.04 Å². The Morgan fingerprint density at radius 1 is 1.38 bits per heavy atom. The van der Waals surface area contributed by atoms with Gasteiger partial charge in [-0.15, -0.1) is 0 Å². The smallest absolute Gasteiger partial charge is 0.242 e. The van der Waals surface area contributed by atoms with Crippen LogP contribution in [0.15, 0.2) is 17.2 Å². The van der Waals surface area contributed by atoms with Gasteiger partial charge < -0.3 is 15.2 Å². The van der Waals surface area contributed by atoms with E-state index in [2.05, 4.69) is 31.9 Å². The number of nitrogens with zero attached hydrogens (tertiary/aromatic N) is 2. The average Bonchev–Trinajstić information content (AvgIpc) is 2.90. The predicted molar refractivity (Wildman–Crippen MR) is 82.7 cm³/mol. The van der Waals surface area contributed by atoms with Gasteiger partial charge in [0, 0.05) is 50.7 Å². The Bertz CT molecular complexity index is 557. The summed E-state index contributed by atoms with van der Waals surface area (Å²) in [6.07, 6.45) is 1.53. The number of H-pyrrole nitrogens is 1. The van der Waals surface area contributed by atoms with E-state index in [1.165, 1.54) is 6.20 Å². The van der Waals surface area contributed by atoms with Crippen LogP contribution in [0.1, 0.15) is 5.69 Å². The molecule has 120 valence electrons. The molecule has 1 unspecified atom stereocenters. The fourth-order valence-corrected chi connectivity index (χ4v) is 3.57. The van der Waals surface area contributed by atoms with Crippen molar-refractivity contribution in [3.63, 3.8) is 0 Å². The Morgan fingerprint density at radius 2 is 2.14 bits per heavy atom. The summed E-state index contributed by atoms with van der Waals surface area (Å²) < 4.78 is 27.3. The lowest BCUT2D eigenvalue weighted by Crippen LogP contribution is -2.54. The molecular formula is C13H25N5O2S. The van der Waals surface area contributed by atoms with E-state index < -0.39 is 10.0 Å². The number of likely N-dealkylation sites (N-methyl/N-ethyl adjacent to an activating group) is 2. The van der Waals surface area contributed by atoms with Gasteiger partial charge in [0.25, 0.3) is 0 Å². The van der Waals surface area contributed by atoms with Crippen molar-refractivity contribution in [2.75, 3.05) is 47.3 Å². The molecule has 7 nitrogen and oxygen atoms in total. The second kappa shape index (κ2) is 6.89. The number of hydrogen-bond acceptors (Lipinski definition) is 5. The molecule has 8 heteroatoms. The molecule has 1 fully saturated rings. The van der Waals surface area contributed by atoms with Crippen LogP contribution in [0.4, 0.5) is 0 Å². The molecule has 0 saturated carbocycles. The Labute approximate surface area is 126 Å². The molecule has 0 spiro atoms. The number of nitrogens with one attached hydrogen (secondary N) is 3. The van der Waals surface area contributed by atoms with E-state index >= 15 is 0 Å². The molecule has 0 aromatic carbocycles. The van der Waals surface area contributed by atoms with Crippen LogP contribution in [0.2, 0.25) is 0 Å². The van der Waals surface area contributed by atoms with E-state index in [9.17, 15) is 8.42 Å². The Hall–Kier alpha value is -0.930. The van der Waals surface area contributed by atoms with Crippen LogP contribution in [0.3, 0.4) is 0 Å². The summed E-state index contributed by atoms with van der Waals surface area (Å²) in [5.74, 6) is 0. The molecule has 1 aromatic rings. The molecule has 1 atom stereocenters. The van der Waals surface area contributed by atoms with Crippen LogP contribution in [0.5, 0.6) is 0 Å². The third kappa shape index (κ3) is 4.27. The maximum absolute atomic E-state index is 12.3. The molecule has 1 aliphatic rings. The van der Waals surface area contributed by atoms with Gasteiger partial charge in [0.15, 0.2) is 0 Å². The third-order valence-corrected chi connectivity index (χ3v) is 5.29. The van der Waals surface area contributed by atoms with Gasteiger partial charge in [-0.25, -0.2) is 13.1 Å². The van der Waals surface area contributed by atoms with Crippen molar-refractivity contribution in [1.82, 2.24) is 24.8 Å². The van der Waals surface area contributed by atoms with Crippen LogP contribution in [0.25, 0.3) is 0 Å². The molecule has 1 aromatic heterocycles. The number of aromatic nitrogens is 1. The van der Waals surface area contributed by atoms with Crippen molar-refractivity contribution < 1.29 is 8.42 Å². The monoisotopic (exact) mass is 315 g/mol. The van der Waals surface area contributed by atoms with Gasteiger partial charge in [0.1, 0.15) is 0 Å². The molecule has 2 heterocycles. The minimum absolute atomic E-state index is 0.203. The first-order chi connectivity index (χ1) is 9.92. The number of sulfonamides is 1. The van der Waals surface area contributed by atoms with Crippen molar-refractivity contribution in [3.8, 4) is 0 Å². The van der Waals surface area contributed by atoms with Crippen LogP contribution in [-0.4, -0.2) is 76.6 Å². The summed E-state index contributed by atoms with van der Waals surface area (Å²) in [5, 5.41) is 2.98. The molecule has 3 N–H and O–H groups in total. The van der Waals surface area contributed by atoms with Crippen LogP contribution >= 0.6 is 0 Å². The molecule has 0 aliphatic carbocycles. The lowest BCUT2D eigenvalue weighted by molar-refractivity contribution is 0.117. The van der Waals surface area contributed by atoms with Gasteiger partial charge in [0.05, 0.1) is 4.90 Å². The van der Waals surface area contributed by atoms with E-state index in [1.807, 2.05) is 14.1 Å². The maximum atomic E-state index is 12.3. The van der Waals surface area contributed by atoms with E-state index in [1.54, 1.807) is 6.07 Å². The first kappa shape index (κ1) is 16.4. The highest BCUT2D eigenvalue weighted by molar-refractivity contribution is 7.89. The van der Waals surface area contributed by atoms with Gasteiger partial charge in [-0.1, -0.05) is 0 Å². The molecule has 21 heavy (non-hydrogen) atoms. The largest absolute Gasteiger partial charge is 0.363 e. The molecule has 1 aliphatic heterocycles. The summed E-state index contributed by atoms with van der Waals surface area (Å²) in [4.78, 5) is 7.68. The fraction of sp³-hybridized carbons (Fsp3) is 0.692. The Morgan fingerprint density at radius 3 is 2.86 bits per heavy atom. The zero-order chi connectivity index (χ0) is 15.5.